The summed E-state index contributed by atoms with van der Waals surface area (Å²) in [7, 11) is 0. The van der Waals surface area contributed by atoms with E-state index in [1.165, 1.54) is 22.9 Å². The highest BCUT2D eigenvalue weighted by Gasteiger charge is 2.46. The monoisotopic (exact) mass is 445 g/mol. The zero-order valence-corrected chi connectivity index (χ0v) is 17.3. The molecule has 166 valence electrons. The molecule has 0 saturated heterocycles. The molecule has 0 aliphatic heterocycles. The summed E-state index contributed by atoms with van der Waals surface area (Å²) in [6.07, 6.45) is -0.646. The molecular weight excluding hydrogens is 426 g/mol. The van der Waals surface area contributed by atoms with Gasteiger partial charge in [0.1, 0.15) is 41.3 Å². The molecule has 0 amide bonds. The van der Waals surface area contributed by atoms with Crippen LogP contribution in [-0.2, 0) is 5.54 Å². The standard InChI is InChI=1S/C22H19F4N5O/c1-11(13-4-3-5-14(17(13)24)19(25)26)28-20-16-9-31(22(10-23)6-7-22)21(32)15(8-27)18(16)29-12(2)30-20/h3-5,9,11,19H,6-7,10H2,1-2H3,(H,28,29,30)/t11-/m1/s1. The Labute approximate surface area is 180 Å². The number of hydrogen-bond acceptors (Lipinski definition) is 5. The highest BCUT2D eigenvalue weighted by molar-refractivity contribution is 5.92. The van der Waals surface area contributed by atoms with E-state index in [-0.39, 0.29) is 33.7 Å². The number of rotatable bonds is 6. The highest BCUT2D eigenvalue weighted by atomic mass is 19.3. The first kappa shape index (κ1) is 21.7. The van der Waals surface area contributed by atoms with Crippen molar-refractivity contribution in [3.8, 4) is 6.07 Å². The molecule has 1 fully saturated rings. The van der Waals surface area contributed by atoms with Gasteiger partial charge in [-0.3, -0.25) is 4.79 Å². The topological polar surface area (TPSA) is 83.6 Å². The molecule has 0 radical (unpaired) electrons. The van der Waals surface area contributed by atoms with Crippen molar-refractivity contribution in [3.05, 3.63) is 63.1 Å². The number of hydrogen-bond donors (Lipinski definition) is 1. The molecule has 1 aromatic carbocycles. The Hall–Kier alpha value is -3.48. The first-order valence-corrected chi connectivity index (χ1v) is 9.96. The van der Waals surface area contributed by atoms with E-state index in [4.69, 9.17) is 0 Å². The van der Waals surface area contributed by atoms with Crippen molar-refractivity contribution in [1.29, 1.82) is 5.26 Å². The van der Waals surface area contributed by atoms with Crippen LogP contribution in [0.15, 0.2) is 29.2 Å². The summed E-state index contributed by atoms with van der Waals surface area (Å²) in [6, 6.07) is 4.81. The number of anilines is 1. The Morgan fingerprint density at radius 1 is 1.28 bits per heavy atom. The Balaban J connectivity index is 1.87. The Kier molecular flexibility index (Phi) is 5.36. The summed E-state index contributed by atoms with van der Waals surface area (Å²) in [4.78, 5) is 21.4. The Morgan fingerprint density at radius 3 is 2.56 bits per heavy atom. The second-order valence-electron chi connectivity index (χ2n) is 7.95. The minimum absolute atomic E-state index is 0.00321. The second-order valence-corrected chi connectivity index (χ2v) is 7.95. The van der Waals surface area contributed by atoms with Crippen LogP contribution in [0.25, 0.3) is 10.9 Å². The smallest absolute Gasteiger partial charge is 0.271 e. The number of alkyl halides is 3. The quantitative estimate of drug-likeness (QED) is 0.557. The van der Waals surface area contributed by atoms with Gasteiger partial charge in [0.25, 0.3) is 12.0 Å². The SMILES string of the molecule is Cc1nc(N[C@H](C)c2cccc(C(F)F)c2F)c2cn(C3(CF)CC3)c(=O)c(C#N)c2n1. The first-order chi connectivity index (χ1) is 15.2. The van der Waals surface area contributed by atoms with Crippen LogP contribution in [0.5, 0.6) is 0 Å². The van der Waals surface area contributed by atoms with E-state index in [0.29, 0.717) is 12.8 Å². The molecule has 4 rings (SSSR count). The minimum Gasteiger partial charge on any atom is -0.363 e. The maximum absolute atomic E-state index is 14.6. The molecule has 2 heterocycles. The highest BCUT2D eigenvalue weighted by Crippen LogP contribution is 2.43. The van der Waals surface area contributed by atoms with Gasteiger partial charge in [-0.2, -0.15) is 5.26 Å². The van der Waals surface area contributed by atoms with E-state index in [1.807, 2.05) is 6.07 Å². The summed E-state index contributed by atoms with van der Waals surface area (Å²) >= 11 is 0. The maximum atomic E-state index is 14.6. The van der Waals surface area contributed by atoms with Crippen LogP contribution in [0.2, 0.25) is 0 Å². The largest absolute Gasteiger partial charge is 0.363 e. The number of nitrogens with one attached hydrogen (secondary N) is 1. The average molecular weight is 445 g/mol. The fourth-order valence-electron chi connectivity index (χ4n) is 3.80. The molecule has 1 aliphatic rings. The van der Waals surface area contributed by atoms with Crippen molar-refractivity contribution in [2.24, 2.45) is 0 Å². The van der Waals surface area contributed by atoms with Crippen molar-refractivity contribution >= 4 is 16.7 Å². The number of pyridine rings is 1. The molecule has 3 aromatic rings. The third kappa shape index (κ3) is 3.47. The van der Waals surface area contributed by atoms with Gasteiger partial charge in [0, 0.05) is 11.8 Å². The van der Waals surface area contributed by atoms with Gasteiger partial charge < -0.3 is 9.88 Å². The fraction of sp³-hybridized carbons (Fsp3) is 0.364. The van der Waals surface area contributed by atoms with Crippen molar-refractivity contribution in [2.45, 2.75) is 44.7 Å². The van der Waals surface area contributed by atoms with Gasteiger partial charge >= 0.3 is 0 Å². The van der Waals surface area contributed by atoms with Gasteiger partial charge in [0.05, 0.1) is 22.5 Å². The van der Waals surface area contributed by atoms with Crippen LogP contribution >= 0.6 is 0 Å². The molecule has 1 aliphatic carbocycles. The zero-order valence-electron chi connectivity index (χ0n) is 17.3. The lowest BCUT2D eigenvalue weighted by Gasteiger charge is -2.21. The normalized spacial score (nSPS) is 15.6. The summed E-state index contributed by atoms with van der Waals surface area (Å²) in [5, 5.41) is 12.9. The molecule has 0 spiro atoms. The van der Waals surface area contributed by atoms with Gasteiger partial charge in [-0.05, 0) is 26.7 Å². The molecule has 6 nitrogen and oxygen atoms in total. The Morgan fingerprint density at radius 2 is 1.97 bits per heavy atom. The molecule has 1 saturated carbocycles. The maximum Gasteiger partial charge on any atom is 0.271 e. The molecule has 1 N–H and O–H groups in total. The summed E-state index contributed by atoms with van der Waals surface area (Å²) in [6.45, 7) is 2.37. The van der Waals surface area contributed by atoms with Crippen molar-refractivity contribution in [2.75, 3.05) is 12.0 Å². The number of halogens is 4. The summed E-state index contributed by atoms with van der Waals surface area (Å²) in [5.74, 6) is -0.599. The third-order valence-electron chi connectivity index (χ3n) is 5.80. The molecule has 10 heteroatoms. The van der Waals surface area contributed by atoms with E-state index >= 15 is 0 Å². The van der Waals surface area contributed by atoms with E-state index in [9.17, 15) is 27.6 Å². The zero-order chi connectivity index (χ0) is 23.2. The van der Waals surface area contributed by atoms with Crippen LogP contribution in [0, 0.1) is 24.1 Å². The number of fused-ring (bicyclic) bond motifs is 1. The van der Waals surface area contributed by atoms with Gasteiger partial charge in [-0.25, -0.2) is 27.5 Å². The molecule has 0 unspecified atom stereocenters. The summed E-state index contributed by atoms with van der Waals surface area (Å²) in [5.41, 5.74) is -2.49. The van der Waals surface area contributed by atoms with E-state index in [0.717, 1.165) is 6.07 Å². The van der Waals surface area contributed by atoms with Crippen LogP contribution in [0.4, 0.5) is 23.4 Å². The van der Waals surface area contributed by atoms with Gasteiger partial charge in [0.2, 0.25) is 0 Å². The molecule has 32 heavy (non-hydrogen) atoms. The first-order valence-electron chi connectivity index (χ1n) is 9.96. The molecular formula is C22H19F4N5O. The molecule has 0 bridgehead atoms. The van der Waals surface area contributed by atoms with Gasteiger partial charge in [-0.15, -0.1) is 0 Å². The van der Waals surface area contributed by atoms with Crippen LogP contribution in [-0.4, -0.2) is 21.2 Å². The lowest BCUT2D eigenvalue weighted by atomic mass is 10.0. The van der Waals surface area contributed by atoms with E-state index in [1.54, 1.807) is 13.8 Å². The van der Waals surface area contributed by atoms with Crippen molar-refractivity contribution < 1.29 is 17.6 Å². The van der Waals surface area contributed by atoms with Crippen LogP contribution < -0.4 is 10.9 Å². The third-order valence-corrected chi connectivity index (χ3v) is 5.80. The number of aromatic nitrogens is 3. The van der Waals surface area contributed by atoms with Gasteiger partial charge in [-0.1, -0.05) is 18.2 Å². The number of benzene rings is 1. The number of nitrogens with zero attached hydrogens (tertiary/aromatic N) is 4. The van der Waals surface area contributed by atoms with Crippen LogP contribution in [0.1, 0.15) is 54.7 Å². The molecule has 1 atom stereocenters. The van der Waals surface area contributed by atoms with Crippen molar-refractivity contribution in [3.63, 3.8) is 0 Å². The average Bonchev–Trinajstić information content (AvgIpc) is 3.54. The number of nitriles is 1. The minimum atomic E-state index is -2.97. The lowest BCUT2D eigenvalue weighted by Crippen LogP contribution is -2.33. The van der Waals surface area contributed by atoms with E-state index in [2.05, 4.69) is 15.3 Å². The Bertz CT molecular complexity index is 1310. The summed E-state index contributed by atoms with van der Waals surface area (Å²) < 4.78 is 55.7. The predicted octanol–water partition coefficient (Wildman–Crippen LogP) is 4.68. The predicted molar refractivity (Wildman–Crippen MR) is 110 cm³/mol. The number of aryl methyl sites for hydroxylation is 1. The van der Waals surface area contributed by atoms with Crippen molar-refractivity contribution in [1.82, 2.24) is 14.5 Å². The van der Waals surface area contributed by atoms with Crippen LogP contribution in [0.3, 0.4) is 0 Å². The lowest BCUT2D eigenvalue weighted by molar-refractivity contribution is 0.146. The molecule has 2 aromatic heterocycles. The second kappa shape index (κ2) is 7.89. The van der Waals surface area contributed by atoms with E-state index < -0.39 is 41.6 Å². The fourth-order valence-corrected chi connectivity index (χ4v) is 3.80. The van der Waals surface area contributed by atoms with Gasteiger partial charge in [0.15, 0.2) is 0 Å².